The number of nitrogens with zero attached hydrogens (tertiary/aromatic N) is 3. The van der Waals surface area contributed by atoms with Crippen LogP contribution in [0.5, 0.6) is 5.75 Å². The van der Waals surface area contributed by atoms with E-state index in [9.17, 15) is 5.11 Å². The molecule has 0 saturated carbocycles. The van der Waals surface area contributed by atoms with Crippen LogP contribution in [0, 0.1) is 0 Å². The van der Waals surface area contributed by atoms with Gasteiger partial charge in [-0.15, -0.1) is 5.10 Å². The first-order valence-electron chi connectivity index (χ1n) is 5.09. The van der Waals surface area contributed by atoms with Crippen molar-refractivity contribution in [2.24, 2.45) is 7.05 Å². The molecule has 90 valence electrons. The highest BCUT2D eigenvalue weighted by atomic mass is 79.9. The van der Waals surface area contributed by atoms with Gasteiger partial charge in [-0.2, -0.15) is 0 Å². The molecule has 1 N–H and O–H groups in total. The van der Waals surface area contributed by atoms with Gasteiger partial charge in [-0.3, -0.25) is 0 Å². The highest BCUT2D eigenvalue weighted by molar-refractivity contribution is 9.10. The zero-order valence-electron chi connectivity index (χ0n) is 9.25. The van der Waals surface area contributed by atoms with E-state index in [1.165, 1.54) is 4.68 Å². The molecule has 6 heteroatoms. The van der Waals surface area contributed by atoms with Gasteiger partial charge in [0.05, 0.1) is 0 Å². The third-order valence-electron chi connectivity index (χ3n) is 2.29. The third kappa shape index (κ3) is 2.83. The highest BCUT2D eigenvalue weighted by Crippen LogP contribution is 2.21. The minimum absolute atomic E-state index is 0.157. The van der Waals surface area contributed by atoms with Crippen LogP contribution in [0.4, 0.5) is 0 Å². The summed E-state index contributed by atoms with van der Waals surface area (Å²) < 4.78 is 7.51. The molecule has 0 saturated heterocycles. The zero-order chi connectivity index (χ0) is 12.3. The van der Waals surface area contributed by atoms with Crippen molar-refractivity contribution >= 4 is 15.9 Å². The Morgan fingerprint density at radius 2 is 2.12 bits per heavy atom. The van der Waals surface area contributed by atoms with Crippen molar-refractivity contribution in [3.8, 4) is 5.75 Å². The van der Waals surface area contributed by atoms with Gasteiger partial charge in [0, 0.05) is 7.05 Å². The van der Waals surface area contributed by atoms with Crippen LogP contribution in [0.3, 0.4) is 0 Å². The number of aromatic nitrogens is 3. The number of hydrogen-bond donors (Lipinski definition) is 1. The smallest absolute Gasteiger partial charge is 0.154 e. The second-order valence-electron chi connectivity index (χ2n) is 3.53. The van der Waals surface area contributed by atoms with Crippen molar-refractivity contribution in [1.29, 1.82) is 0 Å². The van der Waals surface area contributed by atoms with Gasteiger partial charge in [-0.25, -0.2) is 4.68 Å². The lowest BCUT2D eigenvalue weighted by molar-refractivity contribution is 0.100. The van der Waals surface area contributed by atoms with E-state index in [1.54, 1.807) is 7.05 Å². The summed E-state index contributed by atoms with van der Waals surface area (Å²) in [4.78, 5) is 0. The Labute approximate surface area is 107 Å². The van der Waals surface area contributed by atoms with Crippen molar-refractivity contribution in [3.05, 3.63) is 40.6 Å². The second-order valence-corrected chi connectivity index (χ2v) is 4.28. The van der Waals surface area contributed by atoms with Gasteiger partial charge in [0.15, 0.2) is 4.60 Å². The first-order chi connectivity index (χ1) is 8.18. The maximum absolute atomic E-state index is 9.98. The third-order valence-corrected chi connectivity index (χ3v) is 2.86. The SMILES string of the molecule is Cn1nnc(Br)c1C(O)COc1ccccc1. The summed E-state index contributed by atoms with van der Waals surface area (Å²) in [7, 11) is 1.72. The Hall–Kier alpha value is -1.40. The first kappa shape index (κ1) is 12.1. The molecule has 1 unspecified atom stereocenters. The van der Waals surface area contributed by atoms with Gasteiger partial charge in [0.2, 0.25) is 0 Å². The number of aliphatic hydroxyl groups excluding tert-OH is 1. The number of aliphatic hydroxyl groups is 1. The van der Waals surface area contributed by atoms with Crippen LogP contribution in [0.25, 0.3) is 0 Å². The lowest BCUT2D eigenvalue weighted by atomic mass is 10.3. The topological polar surface area (TPSA) is 60.2 Å². The Bertz CT molecular complexity index is 467. The van der Waals surface area contributed by atoms with Gasteiger partial charge < -0.3 is 9.84 Å². The Morgan fingerprint density at radius 3 is 2.71 bits per heavy atom. The number of ether oxygens (including phenoxy) is 1. The van der Waals surface area contributed by atoms with Gasteiger partial charge >= 0.3 is 0 Å². The van der Waals surface area contributed by atoms with Crippen molar-refractivity contribution in [3.63, 3.8) is 0 Å². The van der Waals surface area contributed by atoms with Crippen LogP contribution in [-0.2, 0) is 7.05 Å². The normalized spacial score (nSPS) is 12.4. The number of aryl methyl sites for hydroxylation is 1. The molecule has 0 aliphatic heterocycles. The summed E-state index contributed by atoms with van der Waals surface area (Å²) in [6, 6.07) is 9.34. The number of halogens is 1. The van der Waals surface area contributed by atoms with Crippen LogP contribution in [0.1, 0.15) is 11.8 Å². The highest BCUT2D eigenvalue weighted by Gasteiger charge is 2.18. The quantitative estimate of drug-likeness (QED) is 0.933. The summed E-state index contributed by atoms with van der Waals surface area (Å²) in [5.74, 6) is 0.720. The van der Waals surface area contributed by atoms with Crippen LogP contribution in [0.2, 0.25) is 0 Å². The zero-order valence-corrected chi connectivity index (χ0v) is 10.8. The fraction of sp³-hybridized carbons (Fsp3) is 0.273. The average molecular weight is 298 g/mol. The van der Waals surface area contributed by atoms with Crippen LogP contribution >= 0.6 is 15.9 Å². The summed E-state index contributed by atoms with van der Waals surface area (Å²) in [6.07, 6.45) is -0.774. The Morgan fingerprint density at radius 1 is 1.41 bits per heavy atom. The number of benzene rings is 1. The first-order valence-corrected chi connectivity index (χ1v) is 5.89. The van der Waals surface area contributed by atoms with Gasteiger partial charge in [0.25, 0.3) is 0 Å². The molecule has 1 atom stereocenters. The van der Waals surface area contributed by atoms with E-state index in [-0.39, 0.29) is 6.61 Å². The van der Waals surface area contributed by atoms with Gasteiger partial charge in [-0.05, 0) is 28.1 Å². The summed E-state index contributed by atoms with van der Waals surface area (Å²) in [6.45, 7) is 0.157. The van der Waals surface area contributed by atoms with Crippen LogP contribution in [-0.4, -0.2) is 26.7 Å². The van der Waals surface area contributed by atoms with E-state index in [0.29, 0.717) is 10.3 Å². The molecule has 0 bridgehead atoms. The molecule has 2 aromatic rings. The van der Waals surface area contributed by atoms with E-state index in [0.717, 1.165) is 5.75 Å². The maximum Gasteiger partial charge on any atom is 0.154 e. The molecule has 0 aliphatic carbocycles. The van der Waals surface area contributed by atoms with Crippen molar-refractivity contribution in [1.82, 2.24) is 15.0 Å². The lowest BCUT2D eigenvalue weighted by Crippen LogP contribution is -2.14. The maximum atomic E-state index is 9.98. The minimum Gasteiger partial charge on any atom is -0.490 e. The monoisotopic (exact) mass is 297 g/mol. The van der Waals surface area contributed by atoms with Crippen molar-refractivity contribution in [2.75, 3.05) is 6.61 Å². The Kier molecular flexibility index (Phi) is 3.75. The van der Waals surface area contributed by atoms with Crippen molar-refractivity contribution < 1.29 is 9.84 Å². The molecule has 17 heavy (non-hydrogen) atoms. The fourth-order valence-corrected chi connectivity index (χ4v) is 2.06. The molecule has 2 rings (SSSR count). The van der Waals surface area contributed by atoms with Crippen LogP contribution < -0.4 is 4.74 Å². The summed E-state index contributed by atoms with van der Waals surface area (Å²) >= 11 is 3.23. The molecular formula is C11H12BrN3O2. The Balaban J connectivity index is 2.01. The molecule has 1 aromatic heterocycles. The molecule has 1 aromatic carbocycles. The largest absolute Gasteiger partial charge is 0.490 e. The molecule has 0 aliphatic rings. The molecule has 1 heterocycles. The van der Waals surface area contributed by atoms with Gasteiger partial charge in [0.1, 0.15) is 24.2 Å². The summed E-state index contributed by atoms with van der Waals surface area (Å²) in [5, 5.41) is 17.6. The van der Waals surface area contributed by atoms with Crippen LogP contribution in [0.15, 0.2) is 34.9 Å². The summed E-state index contributed by atoms with van der Waals surface area (Å²) in [5.41, 5.74) is 0.598. The molecule has 0 amide bonds. The average Bonchev–Trinajstić information content (AvgIpc) is 2.67. The fourth-order valence-electron chi connectivity index (χ4n) is 1.46. The number of rotatable bonds is 4. The van der Waals surface area contributed by atoms with E-state index in [1.807, 2.05) is 30.3 Å². The minimum atomic E-state index is -0.774. The standard InChI is InChI=1S/C11H12BrN3O2/c1-15-10(11(12)13-14-15)9(16)7-17-8-5-3-2-4-6-8/h2-6,9,16H,7H2,1H3. The predicted molar refractivity (Wildman–Crippen MR) is 65.6 cm³/mol. The molecule has 0 spiro atoms. The van der Waals surface area contributed by atoms with E-state index in [2.05, 4.69) is 26.2 Å². The van der Waals surface area contributed by atoms with E-state index >= 15 is 0 Å². The second kappa shape index (κ2) is 5.29. The predicted octanol–water partition coefficient (Wildman–Crippen LogP) is 1.69. The van der Waals surface area contributed by atoms with Gasteiger partial charge in [-0.1, -0.05) is 23.4 Å². The van der Waals surface area contributed by atoms with Crippen molar-refractivity contribution in [2.45, 2.75) is 6.10 Å². The molecule has 5 nitrogen and oxygen atoms in total. The molecular weight excluding hydrogens is 286 g/mol. The molecule has 0 fully saturated rings. The number of hydrogen-bond acceptors (Lipinski definition) is 4. The van der Waals surface area contributed by atoms with E-state index < -0.39 is 6.10 Å². The number of para-hydroxylation sites is 1. The lowest BCUT2D eigenvalue weighted by Gasteiger charge is -2.12. The molecule has 0 radical (unpaired) electrons. The van der Waals surface area contributed by atoms with E-state index in [4.69, 9.17) is 4.74 Å².